The van der Waals surface area contributed by atoms with Crippen molar-refractivity contribution in [2.24, 2.45) is 0 Å². The molecule has 0 radical (unpaired) electrons. The van der Waals surface area contributed by atoms with Crippen LogP contribution in [0.2, 0.25) is 0 Å². The van der Waals surface area contributed by atoms with E-state index >= 15 is 4.39 Å². The lowest BCUT2D eigenvalue weighted by molar-refractivity contribution is 0.0258. The van der Waals surface area contributed by atoms with Crippen molar-refractivity contribution in [1.29, 1.82) is 0 Å². The SMILES string of the molecule is Cl.[C-]#[N+]c1nc(-c2c(F)cnc3cc(-c4ncc(C(=O)N(C)C)cc4C)oc23)ccc1OC1CCOCC1. The fourth-order valence-corrected chi connectivity index (χ4v) is 4.24. The predicted molar refractivity (Wildman–Crippen MR) is 141 cm³/mol. The number of halogens is 2. The van der Waals surface area contributed by atoms with Crippen molar-refractivity contribution in [3.8, 4) is 28.5 Å². The van der Waals surface area contributed by atoms with Crippen LogP contribution in [0.3, 0.4) is 0 Å². The summed E-state index contributed by atoms with van der Waals surface area (Å²) in [6.07, 6.45) is 3.97. The van der Waals surface area contributed by atoms with E-state index in [4.69, 9.17) is 20.5 Å². The Morgan fingerprint density at radius 2 is 1.95 bits per heavy atom. The Balaban J connectivity index is 0.00000336. The van der Waals surface area contributed by atoms with Crippen molar-refractivity contribution in [3.63, 3.8) is 0 Å². The van der Waals surface area contributed by atoms with E-state index in [1.807, 2.05) is 6.92 Å². The van der Waals surface area contributed by atoms with Crippen LogP contribution in [0, 0.1) is 19.3 Å². The molecule has 11 heteroatoms. The average Bonchev–Trinajstić information content (AvgIpc) is 3.33. The molecule has 0 aliphatic carbocycles. The second-order valence-corrected chi connectivity index (χ2v) is 8.95. The first kappa shape index (κ1) is 27.0. The van der Waals surface area contributed by atoms with Crippen molar-refractivity contribution >= 4 is 35.2 Å². The van der Waals surface area contributed by atoms with Crippen molar-refractivity contribution in [1.82, 2.24) is 19.9 Å². The van der Waals surface area contributed by atoms with Crippen LogP contribution >= 0.6 is 12.4 Å². The molecule has 0 bridgehead atoms. The zero-order valence-corrected chi connectivity index (χ0v) is 21.8. The third kappa shape index (κ3) is 5.16. The minimum atomic E-state index is -0.633. The Kier molecular flexibility index (Phi) is 7.90. The van der Waals surface area contributed by atoms with Gasteiger partial charge < -0.3 is 23.6 Å². The molecule has 196 valence electrons. The number of aromatic nitrogens is 3. The number of carbonyl (C=O) groups is 1. The summed E-state index contributed by atoms with van der Waals surface area (Å²) in [6.45, 7) is 10.6. The molecule has 0 saturated carbocycles. The second kappa shape index (κ2) is 11.1. The van der Waals surface area contributed by atoms with Crippen LogP contribution in [0.5, 0.6) is 5.75 Å². The van der Waals surface area contributed by atoms with Crippen LogP contribution in [-0.2, 0) is 4.74 Å². The van der Waals surface area contributed by atoms with Gasteiger partial charge in [-0.05, 0) is 30.7 Å². The zero-order valence-electron chi connectivity index (χ0n) is 21.0. The van der Waals surface area contributed by atoms with Crippen molar-refractivity contribution in [2.75, 3.05) is 27.3 Å². The van der Waals surface area contributed by atoms with Crippen LogP contribution in [0.25, 0.3) is 38.7 Å². The minimum absolute atomic E-state index is 0. The molecule has 5 rings (SSSR count). The molecule has 0 N–H and O–H groups in total. The van der Waals surface area contributed by atoms with E-state index in [1.54, 1.807) is 38.4 Å². The first-order chi connectivity index (χ1) is 17.9. The molecule has 0 atom stereocenters. The van der Waals surface area contributed by atoms with Crippen LogP contribution in [-0.4, -0.2) is 59.2 Å². The molecule has 38 heavy (non-hydrogen) atoms. The number of pyridine rings is 3. The Labute approximate surface area is 224 Å². The van der Waals surface area contributed by atoms with E-state index in [-0.39, 0.29) is 47.1 Å². The minimum Gasteiger partial charge on any atom is -0.499 e. The van der Waals surface area contributed by atoms with E-state index in [2.05, 4.69) is 19.8 Å². The van der Waals surface area contributed by atoms with E-state index in [0.717, 1.165) is 24.6 Å². The quantitative estimate of drug-likeness (QED) is 0.304. The van der Waals surface area contributed by atoms with Gasteiger partial charge in [0.2, 0.25) is 0 Å². The molecule has 1 saturated heterocycles. The predicted octanol–water partition coefficient (Wildman–Crippen LogP) is 5.63. The summed E-state index contributed by atoms with van der Waals surface area (Å²) in [5, 5.41) is 0. The monoisotopic (exact) mass is 537 g/mol. The van der Waals surface area contributed by atoms with Crippen LogP contribution in [0.1, 0.15) is 28.8 Å². The Morgan fingerprint density at radius 3 is 2.63 bits per heavy atom. The third-order valence-corrected chi connectivity index (χ3v) is 6.12. The fourth-order valence-electron chi connectivity index (χ4n) is 4.24. The van der Waals surface area contributed by atoms with Crippen molar-refractivity contribution in [3.05, 3.63) is 65.0 Å². The van der Waals surface area contributed by atoms with E-state index in [1.165, 1.54) is 11.1 Å². The van der Waals surface area contributed by atoms with Gasteiger partial charge in [-0.15, -0.1) is 17.4 Å². The number of furan rings is 1. The van der Waals surface area contributed by atoms with Gasteiger partial charge in [-0.25, -0.2) is 9.37 Å². The highest BCUT2D eigenvalue weighted by molar-refractivity contribution is 5.95. The summed E-state index contributed by atoms with van der Waals surface area (Å²) in [5.74, 6) is -0.0294. The second-order valence-electron chi connectivity index (χ2n) is 8.95. The number of carbonyl (C=O) groups excluding carboxylic acids is 1. The number of hydrogen-bond donors (Lipinski definition) is 0. The summed E-state index contributed by atoms with van der Waals surface area (Å²) in [5.41, 5.74) is 2.60. The van der Waals surface area contributed by atoms with E-state index in [9.17, 15) is 4.79 Å². The first-order valence-electron chi connectivity index (χ1n) is 11.8. The normalized spacial score (nSPS) is 13.6. The van der Waals surface area contributed by atoms with Crippen LogP contribution in [0.4, 0.5) is 10.2 Å². The third-order valence-electron chi connectivity index (χ3n) is 6.12. The molecule has 9 nitrogen and oxygen atoms in total. The van der Waals surface area contributed by atoms with Gasteiger partial charge in [-0.3, -0.25) is 9.78 Å². The maximum Gasteiger partial charge on any atom is 0.312 e. The Bertz CT molecular complexity index is 1540. The fraction of sp³-hybridized carbons (Fsp3) is 0.296. The zero-order chi connectivity index (χ0) is 26.1. The number of amides is 1. The topological polar surface area (TPSA) is 94.9 Å². The lowest BCUT2D eigenvalue weighted by Crippen LogP contribution is -2.25. The van der Waals surface area contributed by atoms with Gasteiger partial charge in [-0.1, -0.05) is 6.57 Å². The average molecular weight is 538 g/mol. The molecule has 4 aromatic heterocycles. The molecular weight excluding hydrogens is 513 g/mol. The van der Waals surface area contributed by atoms with Gasteiger partial charge in [0.25, 0.3) is 5.91 Å². The summed E-state index contributed by atoms with van der Waals surface area (Å²) >= 11 is 0. The summed E-state index contributed by atoms with van der Waals surface area (Å²) in [6, 6.07) is 6.63. The summed E-state index contributed by atoms with van der Waals surface area (Å²) in [4.78, 5) is 30.2. The van der Waals surface area contributed by atoms with Crippen molar-refractivity contribution < 1.29 is 23.1 Å². The van der Waals surface area contributed by atoms with Crippen LogP contribution < -0.4 is 4.74 Å². The van der Waals surface area contributed by atoms with E-state index < -0.39 is 5.82 Å². The standard InChI is InChI=1S/C27H24FN5O4.ClH/c1-15-11-16(27(34)33(3)4)13-31-24(15)22-12-20-25(37-22)23(18(28)14-30-20)19-5-6-21(26(29-2)32-19)36-17-7-9-35-10-8-17;/h5-6,11-14,17H,7-10H2,1,3-4H3;1H. The smallest absolute Gasteiger partial charge is 0.312 e. The molecule has 1 fully saturated rings. The van der Waals surface area contributed by atoms with E-state index in [0.29, 0.717) is 41.5 Å². The molecule has 5 heterocycles. The maximum absolute atomic E-state index is 15.1. The summed E-state index contributed by atoms with van der Waals surface area (Å²) in [7, 11) is 3.34. The largest absolute Gasteiger partial charge is 0.499 e. The molecular formula is C27H25ClFN5O4. The summed E-state index contributed by atoms with van der Waals surface area (Å²) < 4.78 is 32.5. The van der Waals surface area contributed by atoms with Gasteiger partial charge in [0, 0.05) is 39.2 Å². The number of nitrogens with zero attached hydrogens (tertiary/aromatic N) is 5. The number of rotatable bonds is 5. The molecule has 1 aliphatic heterocycles. The van der Waals surface area contributed by atoms with Gasteiger partial charge in [-0.2, -0.15) is 0 Å². The molecule has 1 aliphatic rings. The highest BCUT2D eigenvalue weighted by atomic mass is 35.5. The van der Waals surface area contributed by atoms with Gasteiger partial charge in [0.15, 0.2) is 22.9 Å². The molecule has 0 aromatic carbocycles. The Morgan fingerprint density at radius 1 is 1.18 bits per heavy atom. The number of hydrogen-bond acceptors (Lipinski definition) is 7. The molecule has 0 unspecified atom stereocenters. The molecule has 1 amide bonds. The lowest BCUT2D eigenvalue weighted by Gasteiger charge is -2.23. The number of aryl methyl sites for hydroxylation is 1. The van der Waals surface area contributed by atoms with Gasteiger partial charge in [0.1, 0.15) is 28.6 Å². The Hall–Kier alpha value is -4.07. The molecule has 0 spiro atoms. The molecule has 4 aromatic rings. The first-order valence-corrected chi connectivity index (χ1v) is 11.8. The maximum atomic E-state index is 15.1. The van der Waals surface area contributed by atoms with Gasteiger partial charge >= 0.3 is 5.82 Å². The highest BCUT2D eigenvalue weighted by Gasteiger charge is 2.24. The van der Waals surface area contributed by atoms with Crippen molar-refractivity contribution in [2.45, 2.75) is 25.9 Å². The lowest BCUT2D eigenvalue weighted by atomic mass is 10.1. The van der Waals surface area contributed by atoms with Gasteiger partial charge in [0.05, 0.1) is 25.0 Å². The highest BCUT2D eigenvalue weighted by Crippen LogP contribution is 2.38. The van der Waals surface area contributed by atoms with Crippen LogP contribution in [0.15, 0.2) is 41.1 Å². The number of ether oxygens (including phenoxy) is 2. The number of fused-ring (bicyclic) bond motifs is 1.